The number of hydrogen-bond acceptors (Lipinski definition) is 3. The molecule has 30 heavy (non-hydrogen) atoms. The molecule has 7 heteroatoms. The molecule has 0 unspecified atom stereocenters. The number of aryl methyl sites for hydroxylation is 1. The standard InChI is InChI=1S/C23H24FN3O3/c1-2-26(14-16-7-5-10-18(24)13-16)20(28)15-27-21(29)23(25-22(27)30)12-6-9-17-8-3-4-11-19(17)23/h3-5,7-8,10-11,13H,2,6,9,12,14-15H2,1H3,(H,25,30)/t23-/m0/s1. The number of amides is 4. The van der Waals surface area contributed by atoms with Crippen LogP contribution >= 0.6 is 0 Å². The van der Waals surface area contributed by atoms with Crippen LogP contribution in [0.2, 0.25) is 0 Å². The molecule has 0 aromatic heterocycles. The highest BCUT2D eigenvalue weighted by molar-refractivity contribution is 6.09. The van der Waals surface area contributed by atoms with Gasteiger partial charge in [0.1, 0.15) is 17.9 Å². The van der Waals surface area contributed by atoms with Crippen LogP contribution in [0.3, 0.4) is 0 Å². The fourth-order valence-electron chi connectivity index (χ4n) is 4.42. The molecular weight excluding hydrogens is 385 g/mol. The van der Waals surface area contributed by atoms with Gasteiger partial charge < -0.3 is 10.2 Å². The monoisotopic (exact) mass is 409 g/mol. The van der Waals surface area contributed by atoms with Crippen molar-refractivity contribution >= 4 is 17.8 Å². The van der Waals surface area contributed by atoms with Gasteiger partial charge >= 0.3 is 6.03 Å². The first kappa shape index (κ1) is 20.1. The number of halogens is 1. The summed E-state index contributed by atoms with van der Waals surface area (Å²) >= 11 is 0. The Labute approximate surface area is 174 Å². The summed E-state index contributed by atoms with van der Waals surface area (Å²) < 4.78 is 13.5. The Hall–Kier alpha value is -3.22. The number of likely N-dealkylation sites (N-methyl/N-ethyl adjacent to an activating group) is 1. The molecule has 0 saturated carbocycles. The van der Waals surface area contributed by atoms with E-state index < -0.39 is 11.6 Å². The molecule has 6 nitrogen and oxygen atoms in total. The summed E-state index contributed by atoms with van der Waals surface area (Å²) in [5, 5.41) is 2.86. The Morgan fingerprint density at radius 1 is 1.20 bits per heavy atom. The van der Waals surface area contributed by atoms with Gasteiger partial charge in [0, 0.05) is 13.1 Å². The van der Waals surface area contributed by atoms with Gasteiger partial charge in [-0.15, -0.1) is 0 Å². The first-order chi connectivity index (χ1) is 14.4. The lowest BCUT2D eigenvalue weighted by Gasteiger charge is -2.33. The maximum Gasteiger partial charge on any atom is 0.325 e. The third-order valence-corrected chi connectivity index (χ3v) is 5.94. The summed E-state index contributed by atoms with van der Waals surface area (Å²) in [5.41, 5.74) is 1.43. The second-order valence-electron chi connectivity index (χ2n) is 7.78. The molecule has 0 radical (unpaired) electrons. The Kier molecular flexibility index (Phi) is 5.28. The van der Waals surface area contributed by atoms with Gasteiger partial charge in [-0.1, -0.05) is 36.4 Å². The van der Waals surface area contributed by atoms with Crippen molar-refractivity contribution < 1.29 is 18.8 Å². The molecule has 1 atom stereocenters. The zero-order valence-corrected chi connectivity index (χ0v) is 16.9. The maximum absolute atomic E-state index is 13.5. The number of fused-ring (bicyclic) bond motifs is 2. The van der Waals surface area contributed by atoms with Gasteiger partial charge in [-0.25, -0.2) is 9.18 Å². The van der Waals surface area contributed by atoms with E-state index in [0.29, 0.717) is 18.5 Å². The van der Waals surface area contributed by atoms with Crippen molar-refractivity contribution in [1.82, 2.24) is 15.1 Å². The van der Waals surface area contributed by atoms with Crippen LogP contribution in [0.15, 0.2) is 48.5 Å². The van der Waals surface area contributed by atoms with Gasteiger partial charge in [-0.05, 0) is 55.0 Å². The fraction of sp³-hybridized carbons (Fsp3) is 0.348. The summed E-state index contributed by atoms with van der Waals surface area (Å²) in [7, 11) is 0. The highest BCUT2D eigenvalue weighted by Crippen LogP contribution is 2.39. The van der Waals surface area contributed by atoms with E-state index in [2.05, 4.69) is 5.32 Å². The van der Waals surface area contributed by atoms with Crippen LogP contribution in [0, 0.1) is 5.82 Å². The summed E-state index contributed by atoms with van der Waals surface area (Å²) in [6.45, 7) is 2.07. The zero-order valence-electron chi connectivity index (χ0n) is 16.9. The predicted octanol–water partition coefficient (Wildman–Crippen LogP) is 2.96. The first-order valence-corrected chi connectivity index (χ1v) is 10.2. The van der Waals surface area contributed by atoms with E-state index in [1.807, 2.05) is 31.2 Å². The first-order valence-electron chi connectivity index (χ1n) is 10.2. The molecule has 1 saturated heterocycles. The molecular formula is C23H24FN3O3. The molecule has 1 spiro atoms. The minimum atomic E-state index is -1.09. The Morgan fingerprint density at radius 2 is 2.00 bits per heavy atom. The summed E-state index contributed by atoms with van der Waals surface area (Å²) in [4.78, 5) is 41.4. The number of carbonyl (C=O) groups is 3. The van der Waals surface area contributed by atoms with Gasteiger partial charge in [-0.3, -0.25) is 14.5 Å². The van der Waals surface area contributed by atoms with Crippen LogP contribution in [-0.2, 0) is 28.1 Å². The van der Waals surface area contributed by atoms with Crippen LogP contribution in [0.1, 0.15) is 36.5 Å². The highest BCUT2D eigenvalue weighted by Gasteiger charge is 2.54. The van der Waals surface area contributed by atoms with E-state index in [1.165, 1.54) is 17.0 Å². The van der Waals surface area contributed by atoms with Crippen LogP contribution in [0.25, 0.3) is 0 Å². The van der Waals surface area contributed by atoms with E-state index in [9.17, 15) is 18.8 Å². The summed E-state index contributed by atoms with van der Waals surface area (Å²) in [6.07, 6.45) is 2.16. The van der Waals surface area contributed by atoms with E-state index in [-0.39, 0.29) is 30.7 Å². The lowest BCUT2D eigenvalue weighted by Crippen LogP contribution is -2.47. The quantitative estimate of drug-likeness (QED) is 0.772. The molecule has 0 bridgehead atoms. The molecule has 1 aliphatic carbocycles. The number of imide groups is 1. The predicted molar refractivity (Wildman–Crippen MR) is 109 cm³/mol. The SMILES string of the molecule is CCN(Cc1cccc(F)c1)C(=O)CN1C(=O)N[C@]2(CCCc3ccccc32)C1=O. The van der Waals surface area contributed by atoms with E-state index in [4.69, 9.17) is 0 Å². The molecule has 1 fully saturated rings. The number of rotatable bonds is 5. The van der Waals surface area contributed by atoms with Crippen molar-refractivity contribution in [3.63, 3.8) is 0 Å². The molecule has 1 N–H and O–H groups in total. The highest BCUT2D eigenvalue weighted by atomic mass is 19.1. The van der Waals surface area contributed by atoms with E-state index in [1.54, 1.807) is 12.1 Å². The second kappa shape index (κ2) is 7.89. The van der Waals surface area contributed by atoms with Crippen LogP contribution in [0.5, 0.6) is 0 Å². The van der Waals surface area contributed by atoms with Gasteiger partial charge in [-0.2, -0.15) is 0 Å². The number of benzene rings is 2. The van der Waals surface area contributed by atoms with Gasteiger partial charge in [0.25, 0.3) is 5.91 Å². The average molecular weight is 409 g/mol. The summed E-state index contributed by atoms with van der Waals surface area (Å²) in [5.74, 6) is -1.11. The fourth-order valence-corrected chi connectivity index (χ4v) is 4.42. The van der Waals surface area contributed by atoms with Crippen molar-refractivity contribution in [2.75, 3.05) is 13.1 Å². The number of carbonyl (C=O) groups excluding carboxylic acids is 3. The maximum atomic E-state index is 13.5. The van der Waals surface area contributed by atoms with Crippen molar-refractivity contribution in [1.29, 1.82) is 0 Å². The normalized spacial score (nSPS) is 20.3. The van der Waals surface area contributed by atoms with Crippen LogP contribution < -0.4 is 5.32 Å². The molecule has 4 rings (SSSR count). The number of nitrogens with zero attached hydrogens (tertiary/aromatic N) is 2. The molecule has 1 aliphatic heterocycles. The molecule has 4 amide bonds. The van der Waals surface area contributed by atoms with Crippen molar-refractivity contribution in [3.8, 4) is 0 Å². The van der Waals surface area contributed by atoms with Crippen LogP contribution in [-0.4, -0.2) is 40.7 Å². The number of hydrogen-bond donors (Lipinski definition) is 1. The molecule has 1 heterocycles. The zero-order chi connectivity index (χ0) is 21.3. The second-order valence-corrected chi connectivity index (χ2v) is 7.78. The minimum Gasteiger partial charge on any atom is -0.337 e. The Morgan fingerprint density at radius 3 is 2.77 bits per heavy atom. The average Bonchev–Trinajstić information content (AvgIpc) is 2.97. The number of urea groups is 1. The Bertz CT molecular complexity index is 1010. The molecule has 2 aromatic carbocycles. The van der Waals surface area contributed by atoms with Gasteiger partial charge in [0.05, 0.1) is 0 Å². The lowest BCUT2D eigenvalue weighted by atomic mass is 9.76. The smallest absolute Gasteiger partial charge is 0.325 e. The van der Waals surface area contributed by atoms with Crippen LogP contribution in [0.4, 0.5) is 9.18 Å². The van der Waals surface area contributed by atoms with Gasteiger partial charge in [0.2, 0.25) is 5.91 Å². The lowest BCUT2D eigenvalue weighted by molar-refractivity contribution is -0.139. The van der Waals surface area contributed by atoms with E-state index >= 15 is 0 Å². The van der Waals surface area contributed by atoms with Crippen molar-refractivity contribution in [2.24, 2.45) is 0 Å². The number of nitrogens with one attached hydrogen (secondary N) is 1. The third-order valence-electron chi connectivity index (χ3n) is 5.94. The minimum absolute atomic E-state index is 0.213. The molecule has 2 aliphatic rings. The largest absolute Gasteiger partial charge is 0.337 e. The van der Waals surface area contributed by atoms with Crippen molar-refractivity contribution in [2.45, 2.75) is 38.3 Å². The third kappa shape index (κ3) is 3.44. The molecule has 2 aromatic rings. The topological polar surface area (TPSA) is 69.7 Å². The Balaban J connectivity index is 1.53. The molecule has 156 valence electrons. The van der Waals surface area contributed by atoms with Gasteiger partial charge in [0.15, 0.2) is 0 Å². The van der Waals surface area contributed by atoms with E-state index in [0.717, 1.165) is 28.9 Å². The van der Waals surface area contributed by atoms with Crippen molar-refractivity contribution in [3.05, 3.63) is 71.0 Å². The summed E-state index contributed by atoms with van der Waals surface area (Å²) in [6, 6.07) is 13.1.